The average Bonchev–Trinajstić information content (AvgIpc) is 2.80. The van der Waals surface area contributed by atoms with E-state index in [4.69, 9.17) is 0 Å². The van der Waals surface area contributed by atoms with Crippen molar-refractivity contribution in [3.63, 3.8) is 0 Å². The summed E-state index contributed by atoms with van der Waals surface area (Å²) in [6.07, 6.45) is 0. The molecule has 0 aliphatic carbocycles. The Kier molecular flexibility index (Phi) is 2.97. The average molecular weight is 284 g/mol. The van der Waals surface area contributed by atoms with Crippen LogP contribution in [0.3, 0.4) is 0 Å². The molecule has 0 atom stereocenters. The number of imidazole rings is 1. The molecule has 1 heterocycles. The molecule has 4 nitrogen and oxygen atoms in total. The largest absolute Gasteiger partial charge is 0.478 e. The number of aryl methyl sites for hydroxylation is 2. The van der Waals surface area contributed by atoms with E-state index >= 15 is 0 Å². The van der Waals surface area contributed by atoms with Crippen molar-refractivity contribution in [3.8, 4) is 11.4 Å². The lowest BCUT2D eigenvalue weighted by Gasteiger charge is -2.05. The molecule has 0 aliphatic rings. The fourth-order valence-corrected chi connectivity index (χ4v) is 2.55. The van der Waals surface area contributed by atoms with Crippen molar-refractivity contribution in [2.24, 2.45) is 0 Å². The van der Waals surface area contributed by atoms with E-state index in [0.717, 1.165) is 22.8 Å². The molecule has 106 valence electrons. The Labute approximate surface area is 120 Å². The topological polar surface area (TPSA) is 66.0 Å². The van der Waals surface area contributed by atoms with Gasteiger partial charge in [0.25, 0.3) is 0 Å². The van der Waals surface area contributed by atoms with Crippen molar-refractivity contribution < 1.29 is 14.3 Å². The molecule has 0 spiro atoms. The van der Waals surface area contributed by atoms with Crippen LogP contribution in [0.2, 0.25) is 0 Å². The lowest BCUT2D eigenvalue weighted by molar-refractivity contribution is 0.0698. The van der Waals surface area contributed by atoms with Gasteiger partial charge < -0.3 is 10.1 Å². The van der Waals surface area contributed by atoms with Crippen LogP contribution in [-0.2, 0) is 0 Å². The van der Waals surface area contributed by atoms with Gasteiger partial charge in [0.05, 0.1) is 11.1 Å². The number of rotatable bonds is 2. The fourth-order valence-electron chi connectivity index (χ4n) is 2.55. The number of benzene rings is 2. The zero-order chi connectivity index (χ0) is 15.1. The highest BCUT2D eigenvalue weighted by molar-refractivity contribution is 6.01. The van der Waals surface area contributed by atoms with Crippen LogP contribution in [-0.4, -0.2) is 21.0 Å². The maximum atomic E-state index is 13.5. The van der Waals surface area contributed by atoms with Crippen molar-refractivity contribution in [3.05, 3.63) is 52.8 Å². The Balaban J connectivity index is 2.32. The number of aromatic amines is 1. The van der Waals surface area contributed by atoms with Crippen LogP contribution in [0, 0.1) is 19.7 Å². The Morgan fingerprint density at radius 1 is 1.24 bits per heavy atom. The number of fused-ring (bicyclic) bond motifs is 1. The van der Waals surface area contributed by atoms with Gasteiger partial charge in [0.15, 0.2) is 0 Å². The molecule has 2 aromatic carbocycles. The second kappa shape index (κ2) is 4.70. The monoisotopic (exact) mass is 284 g/mol. The molecule has 2 N–H and O–H groups in total. The molecule has 0 aliphatic heterocycles. The molecule has 0 radical (unpaired) electrons. The Bertz CT molecular complexity index is 848. The van der Waals surface area contributed by atoms with Gasteiger partial charge in [-0.1, -0.05) is 18.2 Å². The Morgan fingerprint density at radius 3 is 2.52 bits per heavy atom. The van der Waals surface area contributed by atoms with Gasteiger partial charge in [-0.3, -0.25) is 0 Å². The minimum Gasteiger partial charge on any atom is -0.478 e. The molecule has 0 saturated carbocycles. The summed E-state index contributed by atoms with van der Waals surface area (Å²) in [7, 11) is 0. The molecule has 0 bridgehead atoms. The van der Waals surface area contributed by atoms with Gasteiger partial charge in [0, 0.05) is 5.56 Å². The molecule has 21 heavy (non-hydrogen) atoms. The van der Waals surface area contributed by atoms with Crippen LogP contribution < -0.4 is 0 Å². The summed E-state index contributed by atoms with van der Waals surface area (Å²) < 4.78 is 13.5. The van der Waals surface area contributed by atoms with Crippen LogP contribution >= 0.6 is 0 Å². The first-order valence-electron chi connectivity index (χ1n) is 6.46. The van der Waals surface area contributed by atoms with Gasteiger partial charge in [-0.05, 0) is 37.1 Å². The molecule has 3 aromatic rings. The molecule has 0 amide bonds. The van der Waals surface area contributed by atoms with E-state index in [-0.39, 0.29) is 11.1 Å². The quantitative estimate of drug-likeness (QED) is 0.754. The number of aromatic nitrogens is 2. The van der Waals surface area contributed by atoms with Crippen LogP contribution in [0.1, 0.15) is 21.5 Å². The molecular weight excluding hydrogens is 271 g/mol. The number of halogens is 1. The van der Waals surface area contributed by atoms with Crippen molar-refractivity contribution in [2.45, 2.75) is 13.8 Å². The van der Waals surface area contributed by atoms with Gasteiger partial charge in [-0.25, -0.2) is 14.2 Å². The third-order valence-electron chi connectivity index (χ3n) is 3.50. The third kappa shape index (κ3) is 2.16. The fraction of sp³-hybridized carbons (Fsp3) is 0.125. The standard InChI is InChI=1S/C16H13FN2O2/c1-8-4-3-5-9(2)13(8)15-18-12-7-10(17)6-11(16(20)21)14(12)19-15/h3-7H,1-2H3,(H,18,19)(H,20,21). The number of nitrogens with one attached hydrogen (secondary N) is 1. The first-order chi connectivity index (χ1) is 9.97. The number of aromatic carboxylic acids is 1. The number of hydrogen-bond donors (Lipinski definition) is 2. The zero-order valence-electron chi connectivity index (χ0n) is 11.6. The second-order valence-electron chi connectivity index (χ2n) is 5.01. The normalized spacial score (nSPS) is 11.0. The van der Waals surface area contributed by atoms with E-state index in [1.54, 1.807) is 0 Å². The van der Waals surface area contributed by atoms with Gasteiger partial charge in [0.1, 0.15) is 17.2 Å². The number of carboxylic acids is 1. The summed E-state index contributed by atoms with van der Waals surface area (Å²) in [5, 5.41) is 9.18. The molecule has 3 rings (SSSR count). The number of hydrogen-bond acceptors (Lipinski definition) is 2. The van der Waals surface area contributed by atoms with Crippen LogP contribution in [0.15, 0.2) is 30.3 Å². The number of carboxylic acid groups (broad SMARTS) is 1. The first-order valence-corrected chi connectivity index (χ1v) is 6.46. The molecule has 0 fully saturated rings. The second-order valence-corrected chi connectivity index (χ2v) is 5.01. The number of carbonyl (C=O) groups is 1. The minimum absolute atomic E-state index is 0.140. The molecule has 5 heteroatoms. The number of nitrogens with zero attached hydrogens (tertiary/aromatic N) is 1. The highest BCUT2D eigenvalue weighted by Crippen LogP contribution is 2.28. The summed E-state index contributed by atoms with van der Waals surface area (Å²) in [6.45, 7) is 3.91. The van der Waals surface area contributed by atoms with E-state index < -0.39 is 11.8 Å². The van der Waals surface area contributed by atoms with E-state index in [1.165, 1.54) is 6.07 Å². The van der Waals surface area contributed by atoms with Crippen molar-refractivity contribution in [1.82, 2.24) is 9.97 Å². The molecule has 1 aromatic heterocycles. The van der Waals surface area contributed by atoms with E-state index in [1.807, 2.05) is 32.0 Å². The van der Waals surface area contributed by atoms with Gasteiger partial charge in [0.2, 0.25) is 0 Å². The number of H-pyrrole nitrogens is 1. The van der Waals surface area contributed by atoms with Crippen molar-refractivity contribution >= 4 is 17.0 Å². The maximum absolute atomic E-state index is 13.5. The molecule has 0 saturated heterocycles. The van der Waals surface area contributed by atoms with Crippen molar-refractivity contribution in [2.75, 3.05) is 0 Å². The van der Waals surface area contributed by atoms with Crippen LogP contribution in [0.25, 0.3) is 22.4 Å². The van der Waals surface area contributed by atoms with Gasteiger partial charge >= 0.3 is 5.97 Å². The maximum Gasteiger partial charge on any atom is 0.338 e. The predicted octanol–water partition coefficient (Wildman–Crippen LogP) is 3.68. The van der Waals surface area contributed by atoms with E-state index in [9.17, 15) is 14.3 Å². The summed E-state index contributed by atoms with van der Waals surface area (Å²) in [5.74, 6) is -1.25. The van der Waals surface area contributed by atoms with E-state index in [2.05, 4.69) is 9.97 Å². The Morgan fingerprint density at radius 2 is 1.90 bits per heavy atom. The summed E-state index contributed by atoms with van der Waals surface area (Å²) in [5.41, 5.74) is 3.45. The molecule has 0 unspecified atom stereocenters. The van der Waals surface area contributed by atoms with Gasteiger partial charge in [-0.2, -0.15) is 0 Å². The first kappa shape index (κ1) is 13.3. The van der Waals surface area contributed by atoms with Crippen LogP contribution in [0.4, 0.5) is 4.39 Å². The summed E-state index contributed by atoms with van der Waals surface area (Å²) >= 11 is 0. The predicted molar refractivity (Wildman–Crippen MR) is 77.9 cm³/mol. The lowest BCUT2D eigenvalue weighted by Crippen LogP contribution is -1.98. The minimum atomic E-state index is -1.20. The van der Waals surface area contributed by atoms with E-state index in [0.29, 0.717) is 11.3 Å². The highest BCUT2D eigenvalue weighted by Gasteiger charge is 2.17. The molecular formula is C16H13FN2O2. The van der Waals surface area contributed by atoms with Gasteiger partial charge in [-0.15, -0.1) is 0 Å². The zero-order valence-corrected chi connectivity index (χ0v) is 11.6. The van der Waals surface area contributed by atoms with Crippen molar-refractivity contribution in [1.29, 1.82) is 0 Å². The lowest BCUT2D eigenvalue weighted by atomic mass is 10.0. The van der Waals surface area contributed by atoms with Crippen LogP contribution in [0.5, 0.6) is 0 Å². The Hall–Kier alpha value is -2.69. The summed E-state index contributed by atoms with van der Waals surface area (Å²) in [6, 6.07) is 8.09. The highest BCUT2D eigenvalue weighted by atomic mass is 19.1. The third-order valence-corrected chi connectivity index (χ3v) is 3.50. The SMILES string of the molecule is Cc1cccc(C)c1-c1nc2c(C(=O)O)cc(F)cc2[nH]1. The smallest absolute Gasteiger partial charge is 0.338 e. The summed E-state index contributed by atoms with van der Waals surface area (Å²) in [4.78, 5) is 18.6.